The van der Waals surface area contributed by atoms with Gasteiger partial charge in [0.1, 0.15) is 6.04 Å². The SMILES string of the molecule is CCCC1NC(=O)N(CCC(=O)OCC)C1=O. The van der Waals surface area contributed by atoms with Gasteiger partial charge >= 0.3 is 12.0 Å². The average Bonchev–Trinajstić information content (AvgIpc) is 2.53. The van der Waals surface area contributed by atoms with Crippen molar-refractivity contribution in [3.8, 4) is 0 Å². The predicted molar refractivity (Wildman–Crippen MR) is 60.2 cm³/mol. The van der Waals surface area contributed by atoms with Crippen LogP contribution >= 0.6 is 0 Å². The molecule has 1 atom stereocenters. The molecule has 0 spiro atoms. The van der Waals surface area contributed by atoms with Crippen molar-refractivity contribution in [1.82, 2.24) is 10.2 Å². The minimum Gasteiger partial charge on any atom is -0.466 e. The van der Waals surface area contributed by atoms with Gasteiger partial charge in [0.15, 0.2) is 0 Å². The Bertz CT molecular complexity index is 317. The van der Waals surface area contributed by atoms with E-state index in [1.54, 1.807) is 6.92 Å². The lowest BCUT2D eigenvalue weighted by molar-refractivity contribution is -0.143. The molecule has 3 amide bonds. The first-order valence-corrected chi connectivity index (χ1v) is 5.87. The average molecular weight is 242 g/mol. The molecule has 96 valence electrons. The Kier molecular flexibility index (Phi) is 4.93. The monoisotopic (exact) mass is 242 g/mol. The van der Waals surface area contributed by atoms with Crippen LogP contribution in [0, 0.1) is 0 Å². The van der Waals surface area contributed by atoms with Crippen molar-refractivity contribution < 1.29 is 19.1 Å². The van der Waals surface area contributed by atoms with Crippen LogP contribution in [0.15, 0.2) is 0 Å². The maximum Gasteiger partial charge on any atom is 0.324 e. The third-order valence-electron chi connectivity index (χ3n) is 2.53. The molecule has 0 aromatic rings. The smallest absolute Gasteiger partial charge is 0.324 e. The summed E-state index contributed by atoms with van der Waals surface area (Å²) < 4.78 is 4.74. The molecule has 0 aromatic carbocycles. The van der Waals surface area contributed by atoms with Gasteiger partial charge in [-0.15, -0.1) is 0 Å². The lowest BCUT2D eigenvalue weighted by Crippen LogP contribution is -2.33. The number of hydrogen-bond donors (Lipinski definition) is 1. The fourth-order valence-electron chi connectivity index (χ4n) is 1.71. The number of nitrogens with one attached hydrogen (secondary N) is 1. The molecule has 1 aliphatic heterocycles. The summed E-state index contributed by atoms with van der Waals surface area (Å²) in [4.78, 5) is 35.5. The summed E-state index contributed by atoms with van der Waals surface area (Å²) >= 11 is 0. The molecule has 1 saturated heterocycles. The first-order valence-electron chi connectivity index (χ1n) is 5.87. The summed E-state index contributed by atoms with van der Waals surface area (Å²) in [5.41, 5.74) is 0. The highest BCUT2D eigenvalue weighted by Crippen LogP contribution is 2.11. The molecule has 1 unspecified atom stereocenters. The molecule has 0 saturated carbocycles. The van der Waals surface area contributed by atoms with E-state index in [1.165, 1.54) is 0 Å². The van der Waals surface area contributed by atoms with E-state index in [1.807, 2.05) is 6.92 Å². The minimum absolute atomic E-state index is 0.0475. The van der Waals surface area contributed by atoms with Crippen LogP contribution in [0.4, 0.5) is 4.79 Å². The molecule has 1 heterocycles. The topological polar surface area (TPSA) is 75.7 Å². The highest BCUT2D eigenvalue weighted by molar-refractivity contribution is 6.04. The summed E-state index contributed by atoms with van der Waals surface area (Å²) in [7, 11) is 0. The van der Waals surface area contributed by atoms with E-state index in [0.717, 1.165) is 11.3 Å². The summed E-state index contributed by atoms with van der Waals surface area (Å²) in [5, 5.41) is 2.60. The number of ether oxygens (including phenoxy) is 1. The van der Waals surface area contributed by atoms with Gasteiger partial charge in [0.05, 0.1) is 13.0 Å². The van der Waals surface area contributed by atoms with Crippen molar-refractivity contribution in [3.63, 3.8) is 0 Å². The van der Waals surface area contributed by atoms with Crippen molar-refractivity contribution >= 4 is 17.9 Å². The second-order valence-electron chi connectivity index (χ2n) is 3.84. The van der Waals surface area contributed by atoms with Crippen LogP contribution in [-0.4, -0.2) is 42.0 Å². The summed E-state index contributed by atoms with van der Waals surface area (Å²) in [6.45, 7) is 4.05. The van der Waals surface area contributed by atoms with E-state index >= 15 is 0 Å². The van der Waals surface area contributed by atoms with Crippen LogP contribution in [-0.2, 0) is 14.3 Å². The van der Waals surface area contributed by atoms with Crippen molar-refractivity contribution in [1.29, 1.82) is 0 Å². The van der Waals surface area contributed by atoms with Crippen LogP contribution < -0.4 is 5.32 Å². The van der Waals surface area contributed by atoms with Gasteiger partial charge in [-0.3, -0.25) is 14.5 Å². The number of rotatable bonds is 6. The number of hydrogen-bond acceptors (Lipinski definition) is 4. The molecule has 0 aromatic heterocycles. The lowest BCUT2D eigenvalue weighted by atomic mass is 10.2. The van der Waals surface area contributed by atoms with E-state index in [9.17, 15) is 14.4 Å². The van der Waals surface area contributed by atoms with Crippen LogP contribution in [0.5, 0.6) is 0 Å². The zero-order valence-corrected chi connectivity index (χ0v) is 10.2. The predicted octanol–water partition coefficient (Wildman–Crippen LogP) is 0.660. The number of nitrogens with zero attached hydrogens (tertiary/aromatic N) is 1. The molecule has 1 N–H and O–H groups in total. The van der Waals surface area contributed by atoms with Crippen LogP contribution in [0.3, 0.4) is 0 Å². The van der Waals surface area contributed by atoms with Gasteiger partial charge in [-0.1, -0.05) is 13.3 Å². The van der Waals surface area contributed by atoms with Crippen LogP contribution in [0.1, 0.15) is 33.1 Å². The van der Waals surface area contributed by atoms with Crippen LogP contribution in [0.25, 0.3) is 0 Å². The highest BCUT2D eigenvalue weighted by atomic mass is 16.5. The van der Waals surface area contributed by atoms with Crippen LogP contribution in [0.2, 0.25) is 0 Å². The number of carbonyl (C=O) groups excluding carboxylic acids is 3. The second kappa shape index (κ2) is 6.22. The number of imide groups is 1. The Labute approximate surface area is 100 Å². The van der Waals surface area contributed by atoms with Gasteiger partial charge in [0, 0.05) is 6.54 Å². The Morgan fingerprint density at radius 1 is 1.41 bits per heavy atom. The molecule has 0 bridgehead atoms. The molecule has 6 nitrogen and oxygen atoms in total. The van der Waals surface area contributed by atoms with E-state index in [-0.39, 0.29) is 18.9 Å². The molecule has 1 fully saturated rings. The van der Waals surface area contributed by atoms with Gasteiger partial charge in [-0.05, 0) is 13.3 Å². The Balaban J connectivity index is 2.46. The maximum atomic E-state index is 11.8. The largest absolute Gasteiger partial charge is 0.466 e. The van der Waals surface area contributed by atoms with Gasteiger partial charge in [0.2, 0.25) is 0 Å². The summed E-state index contributed by atoms with van der Waals surface area (Å²) in [5.74, 6) is -0.645. The molecule has 6 heteroatoms. The lowest BCUT2D eigenvalue weighted by Gasteiger charge is -2.11. The molecule has 0 aliphatic carbocycles. The van der Waals surface area contributed by atoms with Crippen molar-refractivity contribution in [2.75, 3.05) is 13.2 Å². The Morgan fingerprint density at radius 3 is 2.71 bits per heavy atom. The summed E-state index contributed by atoms with van der Waals surface area (Å²) in [6, 6.07) is -0.854. The standard InChI is InChI=1S/C11H18N2O4/c1-3-5-8-10(15)13(11(16)12-8)7-6-9(14)17-4-2/h8H,3-7H2,1-2H3,(H,12,16). The molecule has 1 rings (SSSR count). The molecular weight excluding hydrogens is 224 g/mol. The number of carbonyl (C=O) groups is 3. The molecule has 1 aliphatic rings. The first kappa shape index (κ1) is 13.5. The Morgan fingerprint density at radius 2 is 2.12 bits per heavy atom. The van der Waals surface area contributed by atoms with Gasteiger partial charge in [0.25, 0.3) is 5.91 Å². The van der Waals surface area contributed by atoms with Crippen molar-refractivity contribution in [2.24, 2.45) is 0 Å². The number of amides is 3. The van der Waals surface area contributed by atoms with E-state index in [0.29, 0.717) is 13.0 Å². The minimum atomic E-state index is -0.435. The highest BCUT2D eigenvalue weighted by Gasteiger charge is 2.37. The summed E-state index contributed by atoms with van der Waals surface area (Å²) in [6.07, 6.45) is 1.49. The molecule has 0 radical (unpaired) electrons. The van der Waals surface area contributed by atoms with Gasteiger partial charge < -0.3 is 10.1 Å². The number of esters is 1. The van der Waals surface area contributed by atoms with E-state index in [4.69, 9.17) is 4.74 Å². The number of urea groups is 1. The first-order chi connectivity index (χ1) is 8.10. The maximum absolute atomic E-state index is 11.8. The fraction of sp³-hybridized carbons (Fsp3) is 0.727. The molecule has 17 heavy (non-hydrogen) atoms. The third kappa shape index (κ3) is 3.44. The molecular formula is C11H18N2O4. The quantitative estimate of drug-likeness (QED) is 0.548. The third-order valence-corrected chi connectivity index (χ3v) is 2.53. The zero-order chi connectivity index (χ0) is 12.8. The van der Waals surface area contributed by atoms with E-state index in [2.05, 4.69) is 5.32 Å². The van der Waals surface area contributed by atoms with Gasteiger partial charge in [-0.25, -0.2) is 4.79 Å². The fourth-order valence-corrected chi connectivity index (χ4v) is 1.71. The zero-order valence-electron chi connectivity index (χ0n) is 10.2. The Hall–Kier alpha value is -1.59. The van der Waals surface area contributed by atoms with Crippen molar-refractivity contribution in [3.05, 3.63) is 0 Å². The van der Waals surface area contributed by atoms with Crippen molar-refractivity contribution in [2.45, 2.75) is 39.2 Å². The van der Waals surface area contributed by atoms with Gasteiger partial charge in [-0.2, -0.15) is 0 Å². The normalized spacial score (nSPS) is 19.4. The van der Waals surface area contributed by atoms with E-state index < -0.39 is 18.0 Å². The second-order valence-corrected chi connectivity index (χ2v) is 3.84.